The maximum absolute atomic E-state index is 12.5. The van der Waals surface area contributed by atoms with E-state index < -0.39 is 0 Å². The molecular formula is C21H19N3O2S. The average Bonchev–Trinajstić information content (AvgIpc) is 3.31. The van der Waals surface area contributed by atoms with Crippen LogP contribution in [0.15, 0.2) is 53.9 Å². The molecule has 5 nitrogen and oxygen atoms in total. The van der Waals surface area contributed by atoms with E-state index in [4.69, 9.17) is 0 Å². The van der Waals surface area contributed by atoms with Crippen LogP contribution in [0.5, 0.6) is 0 Å². The van der Waals surface area contributed by atoms with Crippen LogP contribution in [0.2, 0.25) is 0 Å². The molecule has 1 N–H and O–H groups in total. The van der Waals surface area contributed by atoms with Gasteiger partial charge in [-0.3, -0.25) is 9.59 Å². The highest BCUT2D eigenvalue weighted by Crippen LogP contribution is 2.24. The summed E-state index contributed by atoms with van der Waals surface area (Å²) in [7, 11) is 0. The minimum atomic E-state index is -0.174. The molecule has 1 aromatic heterocycles. The number of rotatable bonds is 4. The van der Waals surface area contributed by atoms with Gasteiger partial charge in [0.05, 0.1) is 10.7 Å². The third-order valence-corrected chi connectivity index (χ3v) is 5.35. The van der Waals surface area contributed by atoms with Gasteiger partial charge in [0, 0.05) is 40.8 Å². The summed E-state index contributed by atoms with van der Waals surface area (Å²) < 4.78 is 0. The Morgan fingerprint density at radius 3 is 2.44 bits per heavy atom. The van der Waals surface area contributed by atoms with Crippen molar-refractivity contribution < 1.29 is 9.59 Å². The van der Waals surface area contributed by atoms with Crippen LogP contribution in [-0.2, 0) is 4.79 Å². The van der Waals surface area contributed by atoms with Crippen LogP contribution < -0.4 is 10.2 Å². The number of aromatic nitrogens is 1. The lowest BCUT2D eigenvalue weighted by Crippen LogP contribution is -2.23. The number of nitrogens with one attached hydrogen (secondary N) is 1. The lowest BCUT2D eigenvalue weighted by atomic mass is 10.1. The standard InChI is InChI=1S/C21H19N3O2S/c1-14-22-19(13-27-14)15-4-8-17(9-5-15)23-21(26)16-6-10-18(11-7-16)24-12-2-3-20(24)25/h4-11,13H,2-3,12H2,1H3,(H,23,26). The number of thiazole rings is 1. The average molecular weight is 377 g/mol. The van der Waals surface area contributed by atoms with Crippen molar-refractivity contribution in [1.82, 2.24) is 4.98 Å². The maximum Gasteiger partial charge on any atom is 0.255 e. The van der Waals surface area contributed by atoms with Gasteiger partial charge >= 0.3 is 0 Å². The predicted octanol–water partition coefficient (Wildman–Crippen LogP) is 4.50. The maximum atomic E-state index is 12.5. The summed E-state index contributed by atoms with van der Waals surface area (Å²) in [5, 5.41) is 5.96. The lowest BCUT2D eigenvalue weighted by molar-refractivity contribution is -0.117. The lowest BCUT2D eigenvalue weighted by Gasteiger charge is -2.15. The van der Waals surface area contributed by atoms with E-state index >= 15 is 0 Å². The van der Waals surface area contributed by atoms with Gasteiger partial charge in [-0.05, 0) is 49.7 Å². The molecule has 2 heterocycles. The van der Waals surface area contributed by atoms with Crippen LogP contribution in [0.25, 0.3) is 11.3 Å². The first-order valence-corrected chi connectivity index (χ1v) is 9.72. The molecular weight excluding hydrogens is 358 g/mol. The van der Waals surface area contributed by atoms with Crippen molar-refractivity contribution in [1.29, 1.82) is 0 Å². The van der Waals surface area contributed by atoms with Gasteiger partial charge in [0.1, 0.15) is 0 Å². The second-order valence-corrected chi connectivity index (χ2v) is 7.54. The van der Waals surface area contributed by atoms with Crippen LogP contribution in [0, 0.1) is 6.92 Å². The summed E-state index contributed by atoms with van der Waals surface area (Å²) in [6.45, 7) is 2.73. The highest BCUT2D eigenvalue weighted by Gasteiger charge is 2.21. The van der Waals surface area contributed by atoms with E-state index in [1.54, 1.807) is 28.4 Å². The molecule has 136 valence electrons. The Balaban J connectivity index is 1.43. The molecule has 0 bridgehead atoms. The highest BCUT2D eigenvalue weighted by molar-refractivity contribution is 7.09. The molecule has 0 atom stereocenters. The van der Waals surface area contributed by atoms with Crippen molar-refractivity contribution >= 4 is 34.5 Å². The molecule has 3 aromatic rings. The fourth-order valence-corrected chi connectivity index (χ4v) is 3.76. The number of aryl methyl sites for hydroxylation is 1. The van der Waals surface area contributed by atoms with E-state index in [0.29, 0.717) is 12.0 Å². The van der Waals surface area contributed by atoms with Crippen LogP contribution in [-0.4, -0.2) is 23.3 Å². The third-order valence-electron chi connectivity index (χ3n) is 4.57. The van der Waals surface area contributed by atoms with E-state index in [-0.39, 0.29) is 11.8 Å². The Morgan fingerprint density at radius 1 is 1.11 bits per heavy atom. The fourth-order valence-electron chi connectivity index (χ4n) is 3.14. The molecule has 0 saturated carbocycles. The molecule has 0 radical (unpaired) electrons. The summed E-state index contributed by atoms with van der Waals surface area (Å²) in [6, 6.07) is 14.8. The first kappa shape index (κ1) is 17.4. The zero-order valence-corrected chi connectivity index (χ0v) is 15.8. The Bertz CT molecular complexity index is 977. The normalized spacial score (nSPS) is 13.8. The summed E-state index contributed by atoms with van der Waals surface area (Å²) in [5.41, 5.74) is 4.11. The largest absolute Gasteiger partial charge is 0.322 e. The Kier molecular flexibility index (Phi) is 4.73. The van der Waals surface area contributed by atoms with Crippen molar-refractivity contribution in [3.05, 3.63) is 64.5 Å². The Hall–Kier alpha value is -2.99. The molecule has 0 aliphatic carbocycles. The molecule has 0 unspecified atom stereocenters. The SMILES string of the molecule is Cc1nc(-c2ccc(NC(=O)c3ccc(N4CCCC4=O)cc3)cc2)cs1. The molecule has 1 fully saturated rings. The van der Waals surface area contributed by atoms with E-state index in [0.717, 1.165) is 40.6 Å². The molecule has 0 spiro atoms. The van der Waals surface area contributed by atoms with Crippen LogP contribution in [0.3, 0.4) is 0 Å². The topological polar surface area (TPSA) is 62.3 Å². The van der Waals surface area contributed by atoms with Gasteiger partial charge in [-0.15, -0.1) is 11.3 Å². The minimum Gasteiger partial charge on any atom is -0.322 e. The quantitative estimate of drug-likeness (QED) is 0.728. The summed E-state index contributed by atoms with van der Waals surface area (Å²) in [5.74, 6) is -0.0332. The van der Waals surface area contributed by atoms with Crippen LogP contribution in [0.4, 0.5) is 11.4 Å². The molecule has 2 aromatic carbocycles. The van der Waals surface area contributed by atoms with Crippen LogP contribution in [0.1, 0.15) is 28.2 Å². The molecule has 2 amide bonds. The predicted molar refractivity (Wildman–Crippen MR) is 108 cm³/mol. The second kappa shape index (κ2) is 7.32. The molecule has 1 aliphatic rings. The zero-order valence-electron chi connectivity index (χ0n) is 14.9. The first-order valence-electron chi connectivity index (χ1n) is 8.84. The number of carbonyl (C=O) groups excluding carboxylic acids is 2. The number of benzene rings is 2. The molecule has 1 saturated heterocycles. The van der Waals surface area contributed by atoms with Crippen LogP contribution >= 0.6 is 11.3 Å². The molecule has 6 heteroatoms. The number of anilines is 2. The van der Waals surface area contributed by atoms with E-state index in [1.165, 1.54) is 0 Å². The fraction of sp³-hybridized carbons (Fsp3) is 0.190. The van der Waals surface area contributed by atoms with Crippen molar-refractivity contribution in [3.63, 3.8) is 0 Å². The molecule has 1 aliphatic heterocycles. The van der Waals surface area contributed by atoms with E-state index in [1.807, 2.05) is 48.7 Å². The van der Waals surface area contributed by atoms with Crippen molar-refractivity contribution in [3.8, 4) is 11.3 Å². The van der Waals surface area contributed by atoms with Crippen molar-refractivity contribution in [2.75, 3.05) is 16.8 Å². The summed E-state index contributed by atoms with van der Waals surface area (Å²) in [4.78, 5) is 30.5. The first-order chi connectivity index (χ1) is 13.1. The van der Waals surface area contributed by atoms with Gasteiger partial charge in [-0.25, -0.2) is 4.98 Å². The third kappa shape index (κ3) is 3.75. The van der Waals surface area contributed by atoms with Gasteiger partial charge in [0.15, 0.2) is 0 Å². The Labute approximate surface area is 161 Å². The van der Waals surface area contributed by atoms with Crippen molar-refractivity contribution in [2.45, 2.75) is 19.8 Å². The number of carbonyl (C=O) groups is 2. The van der Waals surface area contributed by atoms with E-state index in [2.05, 4.69) is 10.3 Å². The van der Waals surface area contributed by atoms with Gasteiger partial charge in [0.2, 0.25) is 5.91 Å². The summed E-state index contributed by atoms with van der Waals surface area (Å²) >= 11 is 1.62. The minimum absolute atomic E-state index is 0.141. The summed E-state index contributed by atoms with van der Waals surface area (Å²) in [6.07, 6.45) is 1.48. The van der Waals surface area contributed by atoms with Gasteiger partial charge in [-0.2, -0.15) is 0 Å². The number of hydrogen-bond donors (Lipinski definition) is 1. The van der Waals surface area contributed by atoms with E-state index in [9.17, 15) is 9.59 Å². The van der Waals surface area contributed by atoms with Crippen molar-refractivity contribution in [2.24, 2.45) is 0 Å². The number of hydrogen-bond acceptors (Lipinski definition) is 4. The van der Waals surface area contributed by atoms with Gasteiger partial charge in [-0.1, -0.05) is 12.1 Å². The number of amides is 2. The highest BCUT2D eigenvalue weighted by atomic mass is 32.1. The molecule has 4 rings (SSSR count). The zero-order chi connectivity index (χ0) is 18.8. The van der Waals surface area contributed by atoms with Gasteiger partial charge < -0.3 is 10.2 Å². The molecule has 27 heavy (non-hydrogen) atoms. The smallest absolute Gasteiger partial charge is 0.255 e. The number of nitrogens with zero attached hydrogens (tertiary/aromatic N) is 2. The monoisotopic (exact) mass is 377 g/mol. The Morgan fingerprint density at radius 2 is 1.85 bits per heavy atom. The van der Waals surface area contributed by atoms with Gasteiger partial charge in [0.25, 0.3) is 5.91 Å². The second-order valence-electron chi connectivity index (χ2n) is 6.48.